The van der Waals surface area contributed by atoms with Crippen molar-refractivity contribution in [1.82, 2.24) is 5.32 Å². The van der Waals surface area contributed by atoms with Crippen molar-refractivity contribution in [2.45, 2.75) is 23.2 Å². The van der Waals surface area contributed by atoms with E-state index in [9.17, 15) is 9.59 Å². The summed E-state index contributed by atoms with van der Waals surface area (Å²) in [4.78, 5) is 26.0. The molecule has 170 valence electrons. The lowest BCUT2D eigenvalue weighted by Crippen LogP contribution is -2.62. The maximum absolute atomic E-state index is 16.7. The number of benzene rings is 3. The summed E-state index contributed by atoms with van der Waals surface area (Å²) in [6, 6.07) is 19.7. The summed E-state index contributed by atoms with van der Waals surface area (Å²) in [5.41, 5.74) is -7.18. The second-order valence-electron chi connectivity index (χ2n) is 7.58. The van der Waals surface area contributed by atoms with E-state index in [1.54, 1.807) is 18.2 Å². The summed E-state index contributed by atoms with van der Waals surface area (Å²) in [6.07, 6.45) is 0. The van der Waals surface area contributed by atoms with E-state index in [0.717, 1.165) is 7.11 Å². The van der Waals surface area contributed by atoms with Gasteiger partial charge in [-0.15, -0.1) is 0 Å². The summed E-state index contributed by atoms with van der Waals surface area (Å²) in [5.74, 6) is -7.99. The number of methoxy groups -OCH3 is 1. The van der Waals surface area contributed by atoms with E-state index in [-0.39, 0.29) is 16.9 Å². The minimum absolute atomic E-state index is 0.0337. The van der Waals surface area contributed by atoms with Gasteiger partial charge in [-0.25, -0.2) is 14.0 Å². The Bertz CT molecular complexity index is 1140. The topological polar surface area (TPSA) is 64.6 Å². The highest BCUT2D eigenvalue weighted by Crippen LogP contribution is 2.59. The number of halogens is 3. The Morgan fingerprint density at radius 3 is 1.85 bits per heavy atom. The lowest BCUT2D eigenvalue weighted by atomic mass is 9.78. The van der Waals surface area contributed by atoms with Crippen molar-refractivity contribution in [2.24, 2.45) is 0 Å². The summed E-state index contributed by atoms with van der Waals surface area (Å²) in [7, 11) is 0.919. The van der Waals surface area contributed by atoms with Crippen LogP contribution in [0.5, 0.6) is 5.75 Å². The number of ether oxygens (including phenoxy) is 2. The monoisotopic (exact) mass is 455 g/mol. The molecule has 1 heterocycles. The molecule has 0 saturated carbocycles. The van der Waals surface area contributed by atoms with Crippen LogP contribution < -0.4 is 10.1 Å². The van der Waals surface area contributed by atoms with Gasteiger partial charge >= 0.3 is 17.9 Å². The lowest BCUT2D eigenvalue weighted by molar-refractivity contribution is -0.197. The van der Waals surface area contributed by atoms with Gasteiger partial charge in [0, 0.05) is 0 Å². The second kappa shape index (κ2) is 8.37. The van der Waals surface area contributed by atoms with Crippen molar-refractivity contribution in [3.63, 3.8) is 0 Å². The Kier molecular flexibility index (Phi) is 5.71. The molecule has 33 heavy (non-hydrogen) atoms. The quantitative estimate of drug-likeness (QED) is 0.458. The first-order valence-corrected chi connectivity index (χ1v) is 10.1. The SMILES string of the molecule is COC(=O)[C@]1(c2ccccc2)N[C@H](c2ccccc2)[C@](F)(C(=O)Oc2ccccc2)C1(F)F. The fourth-order valence-corrected chi connectivity index (χ4v) is 4.15. The smallest absolute Gasteiger partial charge is 0.357 e. The third kappa shape index (κ3) is 3.29. The summed E-state index contributed by atoms with van der Waals surface area (Å²) < 4.78 is 59.0. The van der Waals surface area contributed by atoms with Crippen LogP contribution in [-0.2, 0) is 19.9 Å². The fourth-order valence-electron chi connectivity index (χ4n) is 4.15. The minimum Gasteiger partial charge on any atom is -0.467 e. The second-order valence-corrected chi connectivity index (χ2v) is 7.58. The number of esters is 2. The van der Waals surface area contributed by atoms with Gasteiger partial charge in [0.15, 0.2) is 0 Å². The largest absolute Gasteiger partial charge is 0.467 e. The summed E-state index contributed by atoms with van der Waals surface area (Å²) >= 11 is 0. The maximum atomic E-state index is 16.7. The van der Waals surface area contributed by atoms with Crippen molar-refractivity contribution in [3.8, 4) is 5.75 Å². The summed E-state index contributed by atoms with van der Waals surface area (Å²) in [5, 5.41) is 2.43. The highest BCUT2D eigenvalue weighted by Gasteiger charge is 2.84. The van der Waals surface area contributed by atoms with Crippen LogP contribution >= 0.6 is 0 Å². The Labute approximate surface area is 188 Å². The van der Waals surface area contributed by atoms with Crippen LogP contribution in [0.3, 0.4) is 0 Å². The Morgan fingerprint density at radius 2 is 1.30 bits per heavy atom. The number of hydrogen-bond acceptors (Lipinski definition) is 5. The first-order valence-electron chi connectivity index (χ1n) is 10.1. The number of nitrogens with one attached hydrogen (secondary N) is 1. The molecule has 4 rings (SSSR count). The van der Waals surface area contributed by atoms with Crippen LogP contribution in [0.25, 0.3) is 0 Å². The molecular formula is C25H20F3NO4. The van der Waals surface area contributed by atoms with Gasteiger partial charge in [0.05, 0.1) is 13.2 Å². The average Bonchev–Trinajstić information content (AvgIpc) is 3.04. The zero-order valence-corrected chi connectivity index (χ0v) is 17.5. The van der Waals surface area contributed by atoms with Crippen LogP contribution in [0.4, 0.5) is 13.2 Å². The lowest BCUT2D eigenvalue weighted by Gasteiger charge is -2.35. The molecule has 0 bridgehead atoms. The van der Waals surface area contributed by atoms with Crippen LogP contribution in [0, 0.1) is 0 Å². The Morgan fingerprint density at radius 1 is 0.788 bits per heavy atom. The number of carbonyl (C=O) groups excluding carboxylic acids is 2. The van der Waals surface area contributed by atoms with Gasteiger partial charge in [0.1, 0.15) is 5.75 Å². The summed E-state index contributed by atoms with van der Waals surface area (Å²) in [6.45, 7) is 0. The molecule has 0 aliphatic carbocycles. The molecule has 1 N–H and O–H groups in total. The number of para-hydroxylation sites is 1. The molecule has 5 nitrogen and oxygen atoms in total. The van der Waals surface area contributed by atoms with Gasteiger partial charge in [0.25, 0.3) is 5.67 Å². The molecule has 1 saturated heterocycles. The molecule has 0 unspecified atom stereocenters. The molecule has 3 atom stereocenters. The van der Waals surface area contributed by atoms with Gasteiger partial charge in [0.2, 0.25) is 5.54 Å². The van der Waals surface area contributed by atoms with E-state index in [0.29, 0.717) is 0 Å². The third-order valence-corrected chi connectivity index (χ3v) is 5.77. The predicted molar refractivity (Wildman–Crippen MR) is 113 cm³/mol. The van der Waals surface area contributed by atoms with Crippen LogP contribution in [0.2, 0.25) is 0 Å². The zero-order chi connectivity index (χ0) is 23.7. The Hall–Kier alpha value is -3.65. The van der Waals surface area contributed by atoms with Crippen molar-refractivity contribution in [2.75, 3.05) is 7.11 Å². The van der Waals surface area contributed by atoms with Crippen molar-refractivity contribution in [3.05, 3.63) is 102 Å². The van der Waals surface area contributed by atoms with Crippen LogP contribution in [0.15, 0.2) is 91.0 Å². The number of carbonyl (C=O) groups is 2. The van der Waals surface area contributed by atoms with Gasteiger partial charge in [-0.2, -0.15) is 8.78 Å². The van der Waals surface area contributed by atoms with Crippen molar-refractivity contribution < 1.29 is 32.2 Å². The number of alkyl halides is 3. The minimum atomic E-state index is -4.61. The highest BCUT2D eigenvalue weighted by molar-refractivity contribution is 5.92. The average molecular weight is 455 g/mol. The molecule has 0 amide bonds. The van der Waals surface area contributed by atoms with E-state index in [1.165, 1.54) is 72.8 Å². The molecule has 1 fully saturated rings. The van der Waals surface area contributed by atoms with E-state index < -0.39 is 35.1 Å². The number of hydrogen-bond donors (Lipinski definition) is 1. The molecule has 1 aliphatic heterocycles. The van der Waals surface area contributed by atoms with E-state index in [2.05, 4.69) is 5.32 Å². The fraction of sp³-hybridized carbons (Fsp3) is 0.200. The molecule has 3 aromatic carbocycles. The van der Waals surface area contributed by atoms with Gasteiger partial charge < -0.3 is 9.47 Å². The normalized spacial score (nSPS) is 25.9. The van der Waals surface area contributed by atoms with Gasteiger partial charge in [-0.1, -0.05) is 78.9 Å². The van der Waals surface area contributed by atoms with Crippen molar-refractivity contribution in [1.29, 1.82) is 0 Å². The molecular weight excluding hydrogens is 435 g/mol. The third-order valence-electron chi connectivity index (χ3n) is 5.77. The molecule has 0 spiro atoms. The van der Waals surface area contributed by atoms with Gasteiger partial charge in [-0.05, 0) is 23.3 Å². The maximum Gasteiger partial charge on any atom is 0.357 e. The number of rotatable bonds is 5. The Balaban J connectivity index is 1.94. The first-order chi connectivity index (χ1) is 15.8. The molecule has 3 aromatic rings. The van der Waals surface area contributed by atoms with Crippen molar-refractivity contribution >= 4 is 11.9 Å². The molecule has 0 aromatic heterocycles. The zero-order valence-electron chi connectivity index (χ0n) is 17.5. The predicted octanol–water partition coefficient (Wildman–Crippen LogP) is 4.35. The van der Waals surface area contributed by atoms with Crippen LogP contribution in [0.1, 0.15) is 17.2 Å². The highest BCUT2D eigenvalue weighted by atomic mass is 19.3. The molecule has 0 radical (unpaired) electrons. The van der Waals surface area contributed by atoms with E-state index >= 15 is 13.2 Å². The molecule has 8 heteroatoms. The standard InChI is InChI=1S/C25H20F3NO4/c1-32-22(31)24(18-13-7-3-8-14-18)25(27,28)23(26,20(29-24)17-11-5-2-6-12-17)21(30)33-19-15-9-4-10-16-19/h2-16,20,29H,1H3/t20-,23+,24+/m1/s1. The van der Waals surface area contributed by atoms with E-state index in [4.69, 9.17) is 9.47 Å². The van der Waals surface area contributed by atoms with E-state index in [1.807, 2.05) is 0 Å². The first kappa shape index (κ1) is 22.5. The molecule has 1 aliphatic rings. The van der Waals surface area contributed by atoms with Gasteiger partial charge in [-0.3, -0.25) is 5.32 Å². The van der Waals surface area contributed by atoms with Crippen LogP contribution in [-0.4, -0.2) is 30.6 Å².